The third kappa shape index (κ3) is 13.7. The lowest BCUT2D eigenvalue weighted by Crippen LogP contribution is -2.58. The molecule has 330 valence electrons. The molecule has 21 heteroatoms. The molecule has 1 saturated heterocycles. The Bertz CT molecular complexity index is 1890. The summed E-state index contributed by atoms with van der Waals surface area (Å²) >= 11 is 4.11. The number of aromatic amines is 1. The maximum Gasteiger partial charge on any atom is 0.326 e. The van der Waals surface area contributed by atoms with Crippen LogP contribution in [0.3, 0.4) is 0 Å². The molecule has 12 N–H and O–H groups in total. The van der Waals surface area contributed by atoms with E-state index in [1.165, 1.54) is 0 Å². The molecule has 0 bridgehead atoms. The van der Waals surface area contributed by atoms with E-state index >= 15 is 0 Å². The first kappa shape index (κ1) is 48.7. The second kappa shape index (κ2) is 23.2. The lowest BCUT2D eigenvalue weighted by atomic mass is 9.98. The van der Waals surface area contributed by atoms with E-state index in [9.17, 15) is 48.3 Å². The number of aromatic nitrogens is 1. The van der Waals surface area contributed by atoms with Gasteiger partial charge in [-0.05, 0) is 36.3 Å². The zero-order chi connectivity index (χ0) is 44.7. The number of nitrogens with one attached hydrogen (secondary N) is 7. The SMILES string of the molecule is CC[C@H](C)[C@H](N)C(=O)N[C@@H](Cc1c[nH]c2ccccc12)C(=O)NCC(=O)N[C@H](C(=O)NCC(=O)N[C@@H](CS)C(=O)N[C@@H](CC(N)=O)C(=O)N1CCC[C@@H]1C(=O)O)[C@@H](C)CC. The molecule has 0 saturated carbocycles. The Hall–Kier alpha value is -5.70. The van der Waals surface area contributed by atoms with Crippen LogP contribution in [-0.4, -0.2) is 130 Å². The number of benzene rings is 1. The van der Waals surface area contributed by atoms with Crippen molar-refractivity contribution in [2.45, 2.75) is 102 Å². The number of carbonyl (C=O) groups excluding carboxylic acids is 8. The quantitative estimate of drug-likeness (QED) is 0.0553. The number of H-pyrrole nitrogens is 1. The van der Waals surface area contributed by atoms with E-state index in [4.69, 9.17) is 11.5 Å². The van der Waals surface area contributed by atoms with Crippen LogP contribution in [0, 0.1) is 11.8 Å². The standard InChI is InChI=1S/C39H58N10O10S/c1-5-20(3)32(41)36(55)46-25(14-22-16-42-24-11-8-7-10-23(22)24)34(53)43-18-31(52)48-33(21(4)6-2)37(56)44-17-30(51)45-27(19-60)35(54)47-26(15-29(40)50)38(57)49-13-9-12-28(49)39(58)59/h7-8,10-11,16,20-21,25-28,32-33,42,60H,5-6,9,12-15,17-19,41H2,1-4H3,(H2,40,50)(H,43,53)(H,44,56)(H,45,51)(H,46,55)(H,47,54)(H,48,52)(H,58,59)/t20-,21-,25-,26-,27-,28+,32-,33-/m0/s1. The fourth-order valence-corrected chi connectivity index (χ4v) is 6.86. The van der Waals surface area contributed by atoms with Gasteiger partial charge in [-0.15, -0.1) is 0 Å². The number of amides is 8. The average molecular weight is 859 g/mol. The number of rotatable bonds is 23. The molecular weight excluding hydrogens is 801 g/mol. The molecule has 0 aliphatic carbocycles. The zero-order valence-corrected chi connectivity index (χ0v) is 35.1. The molecule has 2 heterocycles. The second-order valence-corrected chi connectivity index (χ2v) is 15.3. The van der Waals surface area contributed by atoms with Crippen LogP contribution in [-0.2, 0) is 49.6 Å². The van der Waals surface area contributed by atoms with Crippen LogP contribution in [0.2, 0.25) is 0 Å². The number of hydrogen-bond donors (Lipinski definition) is 11. The van der Waals surface area contributed by atoms with Crippen LogP contribution in [0.25, 0.3) is 10.9 Å². The predicted octanol–water partition coefficient (Wildman–Crippen LogP) is -1.82. The van der Waals surface area contributed by atoms with Crippen LogP contribution < -0.4 is 43.4 Å². The van der Waals surface area contributed by atoms with E-state index in [2.05, 4.69) is 49.5 Å². The smallest absolute Gasteiger partial charge is 0.326 e. The average Bonchev–Trinajstić information content (AvgIpc) is 3.89. The van der Waals surface area contributed by atoms with Gasteiger partial charge in [0, 0.05) is 35.8 Å². The molecule has 60 heavy (non-hydrogen) atoms. The molecular formula is C39H58N10O10S. The molecule has 8 amide bonds. The van der Waals surface area contributed by atoms with E-state index < -0.39 is 115 Å². The number of aliphatic carboxylic acids is 1. The minimum atomic E-state index is -1.50. The van der Waals surface area contributed by atoms with Crippen LogP contribution in [0.4, 0.5) is 0 Å². The van der Waals surface area contributed by atoms with Gasteiger partial charge in [-0.3, -0.25) is 38.4 Å². The van der Waals surface area contributed by atoms with Gasteiger partial charge in [-0.2, -0.15) is 12.6 Å². The van der Waals surface area contributed by atoms with Gasteiger partial charge in [0.05, 0.1) is 25.6 Å². The Morgan fingerprint density at radius 1 is 0.833 bits per heavy atom. The van der Waals surface area contributed by atoms with Crippen molar-refractivity contribution in [3.63, 3.8) is 0 Å². The number of thiol groups is 1. The van der Waals surface area contributed by atoms with E-state index in [0.717, 1.165) is 21.4 Å². The van der Waals surface area contributed by atoms with E-state index in [1.807, 2.05) is 38.1 Å². The Labute approximate surface area is 353 Å². The summed E-state index contributed by atoms with van der Waals surface area (Å²) in [6, 6.07) is 0.341. The highest BCUT2D eigenvalue weighted by Crippen LogP contribution is 2.21. The first-order valence-electron chi connectivity index (χ1n) is 19.9. The lowest BCUT2D eigenvalue weighted by molar-refractivity contribution is -0.149. The summed E-state index contributed by atoms with van der Waals surface area (Å²) in [5.41, 5.74) is 13.0. The highest BCUT2D eigenvalue weighted by atomic mass is 32.1. The van der Waals surface area contributed by atoms with Crippen molar-refractivity contribution >= 4 is 76.8 Å². The summed E-state index contributed by atoms with van der Waals surface area (Å²) in [6.45, 7) is 6.11. The summed E-state index contributed by atoms with van der Waals surface area (Å²) in [7, 11) is 0. The number of carboxylic acids is 1. The van der Waals surface area contributed by atoms with Crippen molar-refractivity contribution in [2.75, 3.05) is 25.4 Å². The Morgan fingerprint density at radius 2 is 1.45 bits per heavy atom. The fourth-order valence-electron chi connectivity index (χ4n) is 6.60. The normalized spacial score (nSPS) is 17.2. The largest absolute Gasteiger partial charge is 0.480 e. The molecule has 0 spiro atoms. The summed E-state index contributed by atoms with van der Waals surface area (Å²) in [6.07, 6.45) is 2.87. The van der Waals surface area contributed by atoms with Crippen molar-refractivity contribution in [2.24, 2.45) is 23.3 Å². The van der Waals surface area contributed by atoms with Gasteiger partial charge in [-0.1, -0.05) is 58.7 Å². The molecule has 0 radical (unpaired) electrons. The van der Waals surface area contributed by atoms with Crippen LogP contribution in [0.1, 0.15) is 65.4 Å². The first-order chi connectivity index (χ1) is 28.4. The van der Waals surface area contributed by atoms with Gasteiger partial charge < -0.3 is 58.4 Å². The number of para-hydroxylation sites is 1. The van der Waals surface area contributed by atoms with Crippen molar-refractivity contribution in [3.8, 4) is 0 Å². The van der Waals surface area contributed by atoms with E-state index in [0.29, 0.717) is 19.3 Å². The topological polar surface area (TPSA) is 317 Å². The number of primary amides is 1. The number of hydrogen-bond acceptors (Lipinski definition) is 11. The van der Waals surface area contributed by atoms with Crippen molar-refractivity contribution in [3.05, 3.63) is 36.0 Å². The number of fused-ring (bicyclic) bond motifs is 1. The fraction of sp³-hybridized carbons (Fsp3) is 0.564. The summed E-state index contributed by atoms with van der Waals surface area (Å²) < 4.78 is 0. The molecule has 8 atom stereocenters. The predicted molar refractivity (Wildman–Crippen MR) is 223 cm³/mol. The van der Waals surface area contributed by atoms with E-state index in [-0.39, 0.29) is 31.1 Å². The van der Waals surface area contributed by atoms with Gasteiger partial charge in [0.25, 0.3) is 0 Å². The van der Waals surface area contributed by atoms with Crippen molar-refractivity contribution < 1.29 is 48.3 Å². The number of carbonyl (C=O) groups is 9. The first-order valence-corrected chi connectivity index (χ1v) is 20.5. The van der Waals surface area contributed by atoms with Gasteiger partial charge in [0.1, 0.15) is 30.2 Å². The Morgan fingerprint density at radius 3 is 2.07 bits per heavy atom. The van der Waals surface area contributed by atoms with Crippen LogP contribution >= 0.6 is 12.6 Å². The Kier molecular flexibility index (Phi) is 18.8. The van der Waals surface area contributed by atoms with Gasteiger partial charge >= 0.3 is 5.97 Å². The van der Waals surface area contributed by atoms with Gasteiger partial charge in [0.15, 0.2) is 0 Å². The molecule has 1 aliphatic rings. The molecule has 1 aliphatic heterocycles. The van der Waals surface area contributed by atoms with E-state index in [1.54, 1.807) is 20.0 Å². The lowest BCUT2D eigenvalue weighted by Gasteiger charge is -2.28. The van der Waals surface area contributed by atoms with Crippen molar-refractivity contribution in [1.29, 1.82) is 0 Å². The Balaban J connectivity index is 1.61. The highest BCUT2D eigenvalue weighted by Gasteiger charge is 2.39. The molecule has 1 aromatic heterocycles. The highest BCUT2D eigenvalue weighted by molar-refractivity contribution is 7.80. The second-order valence-electron chi connectivity index (χ2n) is 15.0. The molecule has 2 aromatic rings. The summed E-state index contributed by atoms with van der Waals surface area (Å²) in [5, 5.41) is 25.4. The molecule has 1 aromatic carbocycles. The molecule has 0 unspecified atom stereocenters. The molecule has 3 rings (SSSR count). The van der Waals surface area contributed by atoms with Gasteiger partial charge in [-0.25, -0.2) is 4.79 Å². The monoisotopic (exact) mass is 858 g/mol. The van der Waals surface area contributed by atoms with Crippen LogP contribution in [0.15, 0.2) is 30.5 Å². The van der Waals surface area contributed by atoms with Gasteiger partial charge in [0.2, 0.25) is 47.3 Å². The number of nitrogens with two attached hydrogens (primary N) is 2. The molecule has 1 fully saturated rings. The number of nitrogens with zero attached hydrogens (tertiary/aromatic N) is 1. The third-order valence-electron chi connectivity index (χ3n) is 10.6. The maximum absolute atomic E-state index is 13.5. The van der Waals surface area contributed by atoms with Crippen molar-refractivity contribution in [1.82, 2.24) is 41.8 Å². The molecule has 20 nitrogen and oxygen atoms in total. The summed E-state index contributed by atoms with van der Waals surface area (Å²) in [4.78, 5) is 120. The zero-order valence-electron chi connectivity index (χ0n) is 34.2. The minimum absolute atomic E-state index is 0.0873. The number of likely N-dealkylation sites (tertiary alicyclic amines) is 1. The summed E-state index contributed by atoms with van der Waals surface area (Å²) in [5.74, 6) is -8.24. The number of carboxylic acid groups (broad SMARTS) is 1. The van der Waals surface area contributed by atoms with Crippen LogP contribution in [0.5, 0.6) is 0 Å². The maximum atomic E-state index is 13.5. The third-order valence-corrected chi connectivity index (χ3v) is 11.0. The minimum Gasteiger partial charge on any atom is -0.480 e.